The van der Waals surface area contributed by atoms with Gasteiger partial charge in [0.15, 0.2) is 5.82 Å². The zero-order chi connectivity index (χ0) is 22.5. The first-order valence-corrected chi connectivity index (χ1v) is 11.3. The summed E-state index contributed by atoms with van der Waals surface area (Å²) in [7, 11) is 0. The van der Waals surface area contributed by atoms with Crippen molar-refractivity contribution in [2.24, 2.45) is 0 Å². The Morgan fingerprint density at radius 1 is 1.09 bits per heavy atom. The molecule has 1 aliphatic carbocycles. The summed E-state index contributed by atoms with van der Waals surface area (Å²) in [5.41, 5.74) is 4.01. The second-order valence-corrected chi connectivity index (χ2v) is 8.90. The molecule has 0 N–H and O–H groups in total. The second-order valence-electron chi connectivity index (χ2n) is 8.90. The van der Waals surface area contributed by atoms with Crippen molar-refractivity contribution in [3.05, 3.63) is 66.3 Å². The molecule has 4 aromatic rings. The summed E-state index contributed by atoms with van der Waals surface area (Å²) >= 11 is 0. The fourth-order valence-corrected chi connectivity index (χ4v) is 4.10. The van der Waals surface area contributed by atoms with Crippen molar-refractivity contribution in [2.75, 3.05) is 11.4 Å². The summed E-state index contributed by atoms with van der Waals surface area (Å²) in [5.74, 6) is 1.62. The van der Waals surface area contributed by atoms with Gasteiger partial charge in [0.1, 0.15) is 17.8 Å². The number of carbonyl (C=O) groups is 1. The van der Waals surface area contributed by atoms with Gasteiger partial charge >= 0.3 is 0 Å². The summed E-state index contributed by atoms with van der Waals surface area (Å²) in [4.78, 5) is 33.3. The molecular formula is C24H24N8O. The Bertz CT molecular complexity index is 1350. The predicted octanol–water partition coefficient (Wildman–Crippen LogP) is 3.58. The van der Waals surface area contributed by atoms with E-state index >= 15 is 0 Å². The third kappa shape index (κ3) is 3.59. The minimum Gasteiger partial charge on any atom is -0.304 e. The van der Waals surface area contributed by atoms with Crippen LogP contribution >= 0.6 is 0 Å². The number of carbonyl (C=O) groups excluding carboxylic acids is 1. The van der Waals surface area contributed by atoms with E-state index in [1.54, 1.807) is 22.2 Å². The van der Waals surface area contributed by atoms with Crippen LogP contribution in [0, 0.1) is 0 Å². The molecule has 33 heavy (non-hydrogen) atoms. The van der Waals surface area contributed by atoms with Crippen LogP contribution in [-0.4, -0.2) is 46.7 Å². The highest BCUT2D eigenvalue weighted by molar-refractivity contribution is 6.07. The summed E-state index contributed by atoms with van der Waals surface area (Å²) in [5, 5.41) is 4.51. The van der Waals surface area contributed by atoms with E-state index in [0.29, 0.717) is 41.8 Å². The van der Waals surface area contributed by atoms with E-state index in [1.165, 1.54) is 12.8 Å². The maximum absolute atomic E-state index is 13.5. The molecule has 9 nitrogen and oxygen atoms in total. The van der Waals surface area contributed by atoms with E-state index in [4.69, 9.17) is 4.98 Å². The first kappa shape index (κ1) is 19.8. The zero-order valence-electron chi connectivity index (χ0n) is 18.6. The Morgan fingerprint density at radius 2 is 1.97 bits per heavy atom. The summed E-state index contributed by atoms with van der Waals surface area (Å²) in [6.45, 7) is 4.62. The number of imidazole rings is 1. The molecule has 5 heterocycles. The van der Waals surface area contributed by atoms with Crippen molar-refractivity contribution >= 4 is 11.7 Å². The van der Waals surface area contributed by atoms with Crippen LogP contribution in [0.2, 0.25) is 0 Å². The zero-order valence-corrected chi connectivity index (χ0v) is 18.6. The fraction of sp³-hybridized carbons (Fsp3) is 0.333. The van der Waals surface area contributed by atoms with Crippen molar-refractivity contribution in [3.8, 4) is 17.2 Å². The van der Waals surface area contributed by atoms with Crippen molar-refractivity contribution in [1.29, 1.82) is 0 Å². The average molecular weight is 441 g/mol. The smallest absolute Gasteiger partial charge is 0.261 e. The normalized spacial score (nSPS) is 15.8. The highest BCUT2D eigenvalue weighted by Gasteiger charge is 2.29. The molecule has 1 saturated carbocycles. The van der Waals surface area contributed by atoms with E-state index in [-0.39, 0.29) is 11.9 Å². The lowest BCUT2D eigenvalue weighted by Gasteiger charge is -2.27. The number of anilines is 1. The van der Waals surface area contributed by atoms with Crippen molar-refractivity contribution < 1.29 is 4.79 Å². The van der Waals surface area contributed by atoms with E-state index in [9.17, 15) is 4.79 Å². The van der Waals surface area contributed by atoms with E-state index < -0.39 is 0 Å². The summed E-state index contributed by atoms with van der Waals surface area (Å²) in [6.07, 6.45) is 10.4. The first-order chi connectivity index (χ1) is 16.1. The predicted molar refractivity (Wildman–Crippen MR) is 122 cm³/mol. The van der Waals surface area contributed by atoms with Crippen LogP contribution in [-0.2, 0) is 6.42 Å². The number of hydrogen-bond donors (Lipinski definition) is 0. The van der Waals surface area contributed by atoms with Crippen LogP contribution in [0.1, 0.15) is 60.4 Å². The van der Waals surface area contributed by atoms with Gasteiger partial charge in [-0.1, -0.05) is 6.07 Å². The molecule has 9 heteroatoms. The lowest BCUT2D eigenvalue weighted by Crippen LogP contribution is -2.38. The molecule has 166 valence electrons. The van der Waals surface area contributed by atoms with Crippen LogP contribution in [0.3, 0.4) is 0 Å². The molecule has 0 unspecified atom stereocenters. The molecule has 0 atom stereocenters. The Balaban J connectivity index is 1.30. The molecule has 1 amide bonds. The van der Waals surface area contributed by atoms with E-state index in [0.717, 1.165) is 17.1 Å². The molecule has 0 bridgehead atoms. The molecule has 2 aliphatic rings. The van der Waals surface area contributed by atoms with Gasteiger partial charge in [-0.3, -0.25) is 14.7 Å². The maximum Gasteiger partial charge on any atom is 0.261 e. The number of rotatable bonds is 5. The molecular weight excluding hydrogens is 416 g/mol. The van der Waals surface area contributed by atoms with Crippen molar-refractivity contribution in [3.63, 3.8) is 0 Å². The van der Waals surface area contributed by atoms with Gasteiger partial charge in [-0.25, -0.2) is 19.6 Å². The molecule has 0 radical (unpaired) electrons. The van der Waals surface area contributed by atoms with Crippen LogP contribution in [0.4, 0.5) is 5.82 Å². The van der Waals surface area contributed by atoms with Gasteiger partial charge in [0.2, 0.25) is 0 Å². The van der Waals surface area contributed by atoms with Gasteiger partial charge in [0.05, 0.1) is 35.2 Å². The Labute approximate surface area is 191 Å². The highest BCUT2D eigenvalue weighted by Crippen LogP contribution is 2.39. The van der Waals surface area contributed by atoms with E-state index in [1.807, 2.05) is 55.1 Å². The number of amides is 1. The third-order valence-electron chi connectivity index (χ3n) is 6.18. The minimum absolute atomic E-state index is 0.0987. The molecule has 0 saturated heterocycles. The van der Waals surface area contributed by atoms with Gasteiger partial charge in [-0.05, 0) is 44.9 Å². The lowest BCUT2D eigenvalue weighted by molar-refractivity contribution is 0.0979. The molecule has 0 spiro atoms. The maximum atomic E-state index is 13.5. The standard InChI is InChI=1S/C24H24N8O/c1-15(2)32-14-27-23(29-32)20-4-3-5-22(28-20)31-9-8-19-18(24(31)33)10-17(11-25-19)30-12-21(26-13-30)16-6-7-16/h3-5,10-16H,6-9H2,1-2H3. The van der Waals surface area contributed by atoms with Crippen LogP contribution in [0.15, 0.2) is 49.3 Å². The van der Waals surface area contributed by atoms with Crippen LogP contribution in [0.25, 0.3) is 17.2 Å². The number of nitrogens with zero attached hydrogens (tertiary/aromatic N) is 8. The first-order valence-electron chi connectivity index (χ1n) is 11.3. The highest BCUT2D eigenvalue weighted by atomic mass is 16.2. The Morgan fingerprint density at radius 3 is 2.76 bits per heavy atom. The topological polar surface area (TPSA) is 94.6 Å². The Kier molecular flexibility index (Phi) is 4.56. The number of aromatic nitrogens is 7. The second kappa shape index (κ2) is 7.61. The largest absolute Gasteiger partial charge is 0.304 e. The number of hydrogen-bond acceptors (Lipinski definition) is 6. The van der Waals surface area contributed by atoms with Crippen LogP contribution < -0.4 is 4.90 Å². The van der Waals surface area contributed by atoms with Gasteiger partial charge in [-0.15, -0.1) is 5.10 Å². The summed E-state index contributed by atoms with van der Waals surface area (Å²) in [6, 6.07) is 7.72. The summed E-state index contributed by atoms with van der Waals surface area (Å²) < 4.78 is 3.74. The van der Waals surface area contributed by atoms with Crippen molar-refractivity contribution in [1.82, 2.24) is 34.3 Å². The molecule has 0 aromatic carbocycles. The number of fused-ring (bicyclic) bond motifs is 1. The minimum atomic E-state index is -0.0987. The molecule has 4 aromatic heterocycles. The molecule has 1 fully saturated rings. The molecule has 6 rings (SSSR count). The Hall–Kier alpha value is -3.88. The quantitative estimate of drug-likeness (QED) is 0.471. The third-order valence-corrected chi connectivity index (χ3v) is 6.18. The SMILES string of the molecule is CC(C)n1cnc(-c2cccc(N3CCc4ncc(-n5cnc(C6CC6)c5)cc4C3=O)n2)n1. The monoisotopic (exact) mass is 440 g/mol. The lowest BCUT2D eigenvalue weighted by atomic mass is 10.0. The molecule has 1 aliphatic heterocycles. The van der Waals surface area contributed by atoms with Crippen molar-refractivity contribution in [2.45, 2.75) is 45.1 Å². The van der Waals surface area contributed by atoms with Gasteiger partial charge in [0, 0.05) is 31.1 Å². The van der Waals surface area contributed by atoms with Gasteiger partial charge in [-0.2, -0.15) is 0 Å². The number of pyridine rings is 2. The van der Waals surface area contributed by atoms with E-state index in [2.05, 4.69) is 20.1 Å². The van der Waals surface area contributed by atoms with Crippen LogP contribution in [0.5, 0.6) is 0 Å². The van der Waals surface area contributed by atoms with Gasteiger partial charge in [0.25, 0.3) is 5.91 Å². The van der Waals surface area contributed by atoms with Gasteiger partial charge < -0.3 is 4.57 Å². The average Bonchev–Trinajstić information content (AvgIpc) is 3.34. The fourth-order valence-electron chi connectivity index (χ4n) is 4.10.